The van der Waals surface area contributed by atoms with Crippen molar-refractivity contribution in [1.29, 1.82) is 10.7 Å². The second kappa shape index (κ2) is 4.73. The predicted octanol–water partition coefficient (Wildman–Crippen LogP) is 3.81. The van der Waals surface area contributed by atoms with E-state index in [1.807, 2.05) is 0 Å². The molecule has 5 heteroatoms. The zero-order valence-electron chi connectivity index (χ0n) is 10.3. The first-order valence-corrected chi connectivity index (χ1v) is 6.74. The van der Waals surface area contributed by atoms with Crippen LogP contribution in [-0.2, 0) is 6.54 Å². The highest BCUT2D eigenvalue weighted by Crippen LogP contribution is 2.32. The van der Waals surface area contributed by atoms with E-state index >= 15 is 0 Å². The van der Waals surface area contributed by atoms with Gasteiger partial charge in [0, 0.05) is 10.0 Å². The van der Waals surface area contributed by atoms with E-state index in [9.17, 15) is 9.65 Å². The summed E-state index contributed by atoms with van der Waals surface area (Å²) in [6, 6.07) is 11.9. The molecule has 0 saturated carbocycles. The topological polar surface area (TPSA) is 50.9 Å². The van der Waals surface area contributed by atoms with Gasteiger partial charge in [-0.3, -0.25) is 5.41 Å². The van der Waals surface area contributed by atoms with Gasteiger partial charge in [0.2, 0.25) is 0 Å². The highest BCUT2D eigenvalue weighted by atomic mass is 79.9. The second-order valence-corrected chi connectivity index (χ2v) is 5.43. The molecular weight excluding hydrogens is 321 g/mol. The Morgan fingerprint density at radius 2 is 2.05 bits per heavy atom. The molecule has 0 fully saturated rings. The van der Waals surface area contributed by atoms with Crippen molar-refractivity contribution >= 4 is 27.5 Å². The zero-order valence-corrected chi connectivity index (χ0v) is 11.9. The highest BCUT2D eigenvalue weighted by molar-refractivity contribution is 9.10. The monoisotopic (exact) mass is 329 g/mol. The Labute approximate surface area is 123 Å². The summed E-state index contributed by atoms with van der Waals surface area (Å²) < 4.78 is 14.1. The van der Waals surface area contributed by atoms with Crippen molar-refractivity contribution in [3.63, 3.8) is 0 Å². The maximum Gasteiger partial charge on any atom is 0.133 e. The zero-order chi connectivity index (χ0) is 14.3. The van der Waals surface area contributed by atoms with E-state index in [4.69, 9.17) is 5.41 Å². The first kappa shape index (κ1) is 12.8. The van der Waals surface area contributed by atoms with Crippen LogP contribution in [0.15, 0.2) is 40.9 Å². The number of hydrogen-bond acceptors (Lipinski definition) is 2. The number of nitriles is 1. The number of anilines is 1. The fourth-order valence-electron chi connectivity index (χ4n) is 2.33. The Morgan fingerprint density at radius 1 is 1.25 bits per heavy atom. The van der Waals surface area contributed by atoms with Crippen molar-refractivity contribution in [2.24, 2.45) is 0 Å². The van der Waals surface area contributed by atoms with Gasteiger partial charge < -0.3 is 4.90 Å². The number of nitrogens with zero attached hydrogens (tertiary/aromatic N) is 2. The van der Waals surface area contributed by atoms with Crippen LogP contribution in [0.1, 0.15) is 16.7 Å². The molecule has 0 unspecified atom stereocenters. The molecule has 1 N–H and O–H groups in total. The summed E-state index contributed by atoms with van der Waals surface area (Å²) in [7, 11) is 0. The van der Waals surface area contributed by atoms with Gasteiger partial charge in [-0.25, -0.2) is 4.39 Å². The van der Waals surface area contributed by atoms with Gasteiger partial charge >= 0.3 is 0 Å². The van der Waals surface area contributed by atoms with Gasteiger partial charge in [0.25, 0.3) is 0 Å². The molecule has 1 heterocycles. The van der Waals surface area contributed by atoms with Crippen molar-refractivity contribution in [3.8, 4) is 6.07 Å². The quantitative estimate of drug-likeness (QED) is 0.864. The predicted molar refractivity (Wildman–Crippen MR) is 78.3 cm³/mol. The fourth-order valence-corrected chi connectivity index (χ4v) is 2.68. The van der Waals surface area contributed by atoms with Gasteiger partial charge in [-0.2, -0.15) is 5.26 Å². The van der Waals surface area contributed by atoms with Crippen LogP contribution in [0.5, 0.6) is 0 Å². The van der Waals surface area contributed by atoms with Crippen LogP contribution < -0.4 is 4.90 Å². The summed E-state index contributed by atoms with van der Waals surface area (Å²) >= 11 is 3.37. The number of nitrogens with one attached hydrogen (secondary N) is 1. The maximum absolute atomic E-state index is 13.3. The Balaban J connectivity index is 2.09. The summed E-state index contributed by atoms with van der Waals surface area (Å²) in [5.41, 5.74) is 2.61. The Hall–Kier alpha value is -2.19. The number of fused-ring (bicyclic) bond motifs is 1. The van der Waals surface area contributed by atoms with Crippen LogP contribution in [0.2, 0.25) is 0 Å². The number of rotatable bonds is 1. The van der Waals surface area contributed by atoms with E-state index in [1.165, 1.54) is 12.1 Å². The van der Waals surface area contributed by atoms with Crippen LogP contribution in [-0.4, -0.2) is 5.84 Å². The Morgan fingerprint density at radius 3 is 2.80 bits per heavy atom. The van der Waals surface area contributed by atoms with Crippen LogP contribution in [0.4, 0.5) is 10.1 Å². The van der Waals surface area contributed by atoms with Crippen LogP contribution in [0.3, 0.4) is 0 Å². The molecule has 0 saturated heterocycles. The van der Waals surface area contributed by atoms with Crippen LogP contribution >= 0.6 is 15.9 Å². The summed E-state index contributed by atoms with van der Waals surface area (Å²) in [5.74, 6) is -0.140. The Bertz CT molecular complexity index is 764. The average molecular weight is 330 g/mol. The summed E-state index contributed by atoms with van der Waals surface area (Å²) in [5, 5.41) is 17.4. The molecule has 2 aromatic rings. The third-order valence-electron chi connectivity index (χ3n) is 3.30. The van der Waals surface area contributed by atoms with Gasteiger partial charge in [0.05, 0.1) is 17.8 Å². The first-order valence-electron chi connectivity index (χ1n) is 5.94. The molecule has 2 aromatic carbocycles. The molecule has 0 spiro atoms. The van der Waals surface area contributed by atoms with Crippen LogP contribution in [0, 0.1) is 22.6 Å². The van der Waals surface area contributed by atoms with E-state index in [-0.39, 0.29) is 11.7 Å². The molecule has 1 aliphatic heterocycles. The van der Waals surface area contributed by atoms with Gasteiger partial charge in [-0.15, -0.1) is 0 Å². The summed E-state index contributed by atoms with van der Waals surface area (Å²) in [6.07, 6.45) is 0. The molecule has 3 nitrogen and oxygen atoms in total. The minimum atomic E-state index is -0.356. The molecule has 0 aromatic heterocycles. The van der Waals surface area contributed by atoms with Gasteiger partial charge in [0.1, 0.15) is 17.7 Å². The first-order chi connectivity index (χ1) is 9.60. The molecular formula is C15H9BrFN3. The molecule has 20 heavy (non-hydrogen) atoms. The lowest BCUT2D eigenvalue weighted by atomic mass is 10.1. The molecule has 3 rings (SSSR count). The van der Waals surface area contributed by atoms with Crippen molar-refractivity contribution in [1.82, 2.24) is 0 Å². The highest BCUT2D eigenvalue weighted by Gasteiger charge is 2.27. The van der Waals surface area contributed by atoms with Crippen molar-refractivity contribution < 1.29 is 4.39 Å². The molecule has 98 valence electrons. The molecule has 0 aliphatic carbocycles. The average Bonchev–Trinajstić information content (AvgIpc) is 2.76. The molecule has 0 radical (unpaired) electrons. The number of halogens is 2. The normalized spacial score (nSPS) is 13.2. The van der Waals surface area contributed by atoms with E-state index in [0.717, 1.165) is 10.0 Å². The second-order valence-electron chi connectivity index (χ2n) is 4.51. The number of hydrogen-bond donors (Lipinski definition) is 1. The van der Waals surface area contributed by atoms with Gasteiger partial charge in [-0.1, -0.05) is 22.0 Å². The van der Waals surface area contributed by atoms with Gasteiger partial charge in [0.15, 0.2) is 0 Å². The van der Waals surface area contributed by atoms with Crippen molar-refractivity contribution in [2.45, 2.75) is 6.54 Å². The third-order valence-corrected chi connectivity index (χ3v) is 3.79. The Kier molecular flexibility index (Phi) is 3.03. The number of amidine groups is 1. The van der Waals surface area contributed by atoms with E-state index in [1.54, 1.807) is 29.2 Å². The summed E-state index contributed by atoms with van der Waals surface area (Å²) in [6.45, 7) is 0.472. The van der Waals surface area contributed by atoms with E-state index < -0.39 is 0 Å². The molecule has 0 atom stereocenters. The molecule has 1 aliphatic rings. The van der Waals surface area contributed by atoms with Crippen molar-refractivity contribution in [2.75, 3.05) is 4.90 Å². The third kappa shape index (κ3) is 1.98. The van der Waals surface area contributed by atoms with Crippen LogP contribution in [0.25, 0.3) is 0 Å². The van der Waals surface area contributed by atoms with Gasteiger partial charge in [-0.05, 0) is 35.9 Å². The number of benzene rings is 2. The smallest absolute Gasteiger partial charge is 0.133 e. The van der Waals surface area contributed by atoms with E-state index in [2.05, 4.69) is 22.0 Å². The largest absolute Gasteiger partial charge is 0.321 e. The lowest BCUT2D eigenvalue weighted by molar-refractivity contribution is 0.627. The molecule has 0 amide bonds. The summed E-state index contributed by atoms with van der Waals surface area (Å²) in [4.78, 5) is 1.72. The molecule has 0 bridgehead atoms. The minimum absolute atomic E-state index is 0.217. The standard InChI is InChI=1S/C15H9BrFN3/c16-11-3-1-9(7-18)14(5-11)20-8-10-2-4-12(17)6-13(10)15(20)19/h1-6,19H,8H2. The fraction of sp³-hybridized carbons (Fsp3) is 0.0667. The van der Waals surface area contributed by atoms with E-state index in [0.29, 0.717) is 23.4 Å². The van der Waals surface area contributed by atoms with Crippen molar-refractivity contribution in [3.05, 3.63) is 63.4 Å². The lowest BCUT2D eigenvalue weighted by Gasteiger charge is -2.19. The maximum atomic E-state index is 13.3. The SMILES string of the molecule is N#Cc1ccc(Br)cc1N1Cc2ccc(F)cc2C1=N. The lowest BCUT2D eigenvalue weighted by Crippen LogP contribution is -2.24. The minimum Gasteiger partial charge on any atom is -0.321 e.